The summed E-state index contributed by atoms with van der Waals surface area (Å²) in [7, 11) is 0. The molecular formula is C9H7Cl3. The van der Waals surface area contributed by atoms with Crippen LogP contribution in [-0.2, 0) is 6.42 Å². The van der Waals surface area contributed by atoms with Crippen LogP contribution in [0.2, 0.25) is 10.0 Å². The molecule has 1 aliphatic carbocycles. The van der Waals surface area contributed by atoms with Crippen molar-refractivity contribution in [1.82, 2.24) is 0 Å². The van der Waals surface area contributed by atoms with Crippen molar-refractivity contribution < 1.29 is 0 Å². The van der Waals surface area contributed by atoms with Crippen LogP contribution in [0.3, 0.4) is 0 Å². The third kappa shape index (κ3) is 1.22. The molecule has 0 fully saturated rings. The number of fused-ring (bicyclic) bond motifs is 1. The zero-order valence-electron chi connectivity index (χ0n) is 6.28. The summed E-state index contributed by atoms with van der Waals surface area (Å²) in [6.07, 6.45) is 1.89. The molecule has 0 bridgehead atoms. The molecule has 0 N–H and O–H groups in total. The van der Waals surface area contributed by atoms with Crippen LogP contribution >= 0.6 is 34.8 Å². The second-order valence-electron chi connectivity index (χ2n) is 2.93. The van der Waals surface area contributed by atoms with Gasteiger partial charge in [-0.15, -0.1) is 11.6 Å². The quantitative estimate of drug-likeness (QED) is 0.576. The first-order valence-electron chi connectivity index (χ1n) is 3.81. The summed E-state index contributed by atoms with van der Waals surface area (Å²) < 4.78 is 0. The third-order valence-corrected chi connectivity index (χ3v) is 3.33. The van der Waals surface area contributed by atoms with Crippen LogP contribution in [-0.4, -0.2) is 0 Å². The normalized spacial score (nSPS) is 21.1. The maximum atomic E-state index is 6.08. The summed E-state index contributed by atoms with van der Waals surface area (Å²) in [5.41, 5.74) is 2.16. The predicted molar refractivity (Wildman–Crippen MR) is 53.4 cm³/mol. The first-order chi connectivity index (χ1) is 5.70. The minimum atomic E-state index is 0.0474. The summed E-state index contributed by atoms with van der Waals surface area (Å²) in [4.78, 5) is 0. The first kappa shape index (κ1) is 8.68. The van der Waals surface area contributed by atoms with Crippen LogP contribution in [0.25, 0.3) is 0 Å². The van der Waals surface area contributed by atoms with Crippen LogP contribution in [0.5, 0.6) is 0 Å². The number of benzene rings is 1. The second kappa shape index (κ2) is 3.10. The van der Waals surface area contributed by atoms with E-state index in [9.17, 15) is 0 Å². The number of halogens is 3. The van der Waals surface area contributed by atoms with E-state index in [2.05, 4.69) is 0 Å². The lowest BCUT2D eigenvalue weighted by molar-refractivity contribution is 0.882. The summed E-state index contributed by atoms with van der Waals surface area (Å²) in [5.74, 6) is 0. The van der Waals surface area contributed by atoms with Gasteiger partial charge in [-0.2, -0.15) is 0 Å². The molecule has 3 heteroatoms. The monoisotopic (exact) mass is 220 g/mol. The van der Waals surface area contributed by atoms with Crippen molar-refractivity contribution >= 4 is 34.8 Å². The predicted octanol–water partition coefficient (Wildman–Crippen LogP) is 4.22. The fourth-order valence-electron chi connectivity index (χ4n) is 1.62. The molecule has 1 atom stereocenters. The van der Waals surface area contributed by atoms with Gasteiger partial charge < -0.3 is 0 Å². The molecule has 1 unspecified atom stereocenters. The minimum absolute atomic E-state index is 0.0474. The first-order valence-corrected chi connectivity index (χ1v) is 5.00. The van der Waals surface area contributed by atoms with Gasteiger partial charge in [-0.05, 0) is 36.1 Å². The largest absolute Gasteiger partial charge is 0.118 e. The van der Waals surface area contributed by atoms with Gasteiger partial charge in [0.15, 0.2) is 0 Å². The van der Waals surface area contributed by atoms with E-state index in [0.717, 1.165) is 34.0 Å². The van der Waals surface area contributed by atoms with E-state index >= 15 is 0 Å². The van der Waals surface area contributed by atoms with Crippen LogP contribution < -0.4 is 0 Å². The molecule has 0 heterocycles. The fraction of sp³-hybridized carbons (Fsp3) is 0.333. The van der Waals surface area contributed by atoms with Gasteiger partial charge in [0.2, 0.25) is 0 Å². The van der Waals surface area contributed by atoms with Crippen molar-refractivity contribution in [3.63, 3.8) is 0 Å². The van der Waals surface area contributed by atoms with Gasteiger partial charge in [-0.25, -0.2) is 0 Å². The lowest BCUT2D eigenvalue weighted by Crippen LogP contribution is -1.86. The van der Waals surface area contributed by atoms with E-state index in [-0.39, 0.29) is 5.38 Å². The third-order valence-electron chi connectivity index (χ3n) is 2.21. The number of hydrogen-bond acceptors (Lipinski definition) is 0. The highest BCUT2D eigenvalue weighted by molar-refractivity contribution is 6.35. The molecule has 0 saturated heterocycles. The van der Waals surface area contributed by atoms with E-state index in [4.69, 9.17) is 34.8 Å². The Labute approximate surface area is 86.4 Å². The molecule has 0 aliphatic heterocycles. The maximum Gasteiger partial charge on any atom is 0.0606 e. The topological polar surface area (TPSA) is 0 Å². The van der Waals surface area contributed by atoms with E-state index in [1.165, 1.54) is 0 Å². The molecular weight excluding hydrogens is 214 g/mol. The van der Waals surface area contributed by atoms with E-state index in [1.54, 1.807) is 0 Å². The average Bonchev–Trinajstić information content (AvgIpc) is 2.42. The lowest BCUT2D eigenvalue weighted by Gasteiger charge is -2.06. The van der Waals surface area contributed by atoms with Crippen LogP contribution in [0.4, 0.5) is 0 Å². The van der Waals surface area contributed by atoms with Gasteiger partial charge in [0.25, 0.3) is 0 Å². The number of alkyl halides is 1. The van der Waals surface area contributed by atoms with Crippen molar-refractivity contribution in [2.45, 2.75) is 18.2 Å². The molecule has 0 spiro atoms. The Morgan fingerprint density at radius 2 is 1.83 bits per heavy atom. The highest BCUT2D eigenvalue weighted by atomic mass is 35.5. The van der Waals surface area contributed by atoms with Gasteiger partial charge in [0.1, 0.15) is 0 Å². The van der Waals surface area contributed by atoms with Crippen molar-refractivity contribution in [2.75, 3.05) is 0 Å². The molecule has 0 nitrogen and oxygen atoms in total. The summed E-state index contributed by atoms with van der Waals surface area (Å²) in [6.45, 7) is 0. The highest BCUT2D eigenvalue weighted by Gasteiger charge is 2.24. The minimum Gasteiger partial charge on any atom is -0.118 e. The zero-order valence-corrected chi connectivity index (χ0v) is 8.55. The van der Waals surface area contributed by atoms with Crippen molar-refractivity contribution in [2.24, 2.45) is 0 Å². The molecule has 0 amide bonds. The van der Waals surface area contributed by atoms with E-state index in [0.29, 0.717) is 0 Å². The van der Waals surface area contributed by atoms with E-state index in [1.807, 2.05) is 12.1 Å². The average molecular weight is 222 g/mol. The molecule has 2 rings (SSSR count). The van der Waals surface area contributed by atoms with Gasteiger partial charge in [-0.3, -0.25) is 0 Å². The van der Waals surface area contributed by atoms with Crippen molar-refractivity contribution in [3.8, 4) is 0 Å². The molecule has 12 heavy (non-hydrogen) atoms. The van der Waals surface area contributed by atoms with Crippen LogP contribution in [0.15, 0.2) is 12.1 Å². The maximum absolute atomic E-state index is 6.08. The lowest BCUT2D eigenvalue weighted by atomic mass is 10.1. The Balaban J connectivity index is 2.64. The summed E-state index contributed by atoms with van der Waals surface area (Å²) in [5, 5.41) is 1.58. The second-order valence-corrected chi connectivity index (χ2v) is 4.27. The Hall–Kier alpha value is 0.0900. The summed E-state index contributed by atoms with van der Waals surface area (Å²) in [6, 6.07) is 3.64. The van der Waals surface area contributed by atoms with Gasteiger partial charge in [0.05, 0.1) is 5.38 Å². The fourth-order valence-corrected chi connectivity index (χ4v) is 2.60. The summed E-state index contributed by atoms with van der Waals surface area (Å²) >= 11 is 18.1. The molecule has 64 valence electrons. The van der Waals surface area contributed by atoms with Crippen molar-refractivity contribution in [1.29, 1.82) is 0 Å². The molecule has 1 aromatic rings. The molecule has 0 saturated carbocycles. The standard InChI is InChI=1S/C9H7Cl3/c10-6-3-4-8(12)9-5(6)1-2-7(9)11/h3-4,7H,1-2H2. The zero-order chi connectivity index (χ0) is 8.72. The molecule has 1 aromatic carbocycles. The van der Waals surface area contributed by atoms with Gasteiger partial charge >= 0.3 is 0 Å². The Bertz CT molecular complexity index is 320. The molecule has 1 aliphatic rings. The van der Waals surface area contributed by atoms with Crippen molar-refractivity contribution in [3.05, 3.63) is 33.3 Å². The van der Waals surface area contributed by atoms with E-state index < -0.39 is 0 Å². The molecule has 0 aromatic heterocycles. The van der Waals surface area contributed by atoms with Crippen LogP contribution in [0.1, 0.15) is 22.9 Å². The number of hydrogen-bond donors (Lipinski definition) is 0. The Morgan fingerprint density at radius 3 is 2.50 bits per heavy atom. The Morgan fingerprint density at radius 1 is 1.17 bits per heavy atom. The molecule has 0 radical (unpaired) electrons. The van der Waals surface area contributed by atoms with Gasteiger partial charge in [0, 0.05) is 10.0 Å². The number of rotatable bonds is 0. The van der Waals surface area contributed by atoms with Gasteiger partial charge in [-0.1, -0.05) is 23.2 Å². The van der Waals surface area contributed by atoms with Crippen LogP contribution in [0, 0.1) is 0 Å². The SMILES string of the molecule is Clc1ccc(Cl)c2c1CCC2Cl. The smallest absolute Gasteiger partial charge is 0.0606 e. The Kier molecular flexibility index (Phi) is 2.24. The highest BCUT2D eigenvalue weighted by Crippen LogP contribution is 2.43.